The zero-order chi connectivity index (χ0) is 11.2. The largest absolute Gasteiger partial charge is 0.0846 e. The Balaban J connectivity index is 3.12. The highest BCUT2D eigenvalue weighted by molar-refractivity contribution is 5.02. The molecule has 0 aromatic carbocycles. The van der Waals surface area contributed by atoms with Crippen LogP contribution in [0.2, 0.25) is 0 Å². The Labute approximate surface area is 95.8 Å². The molecule has 0 aliphatic rings. The lowest BCUT2D eigenvalue weighted by molar-refractivity contribution is 0.652. The van der Waals surface area contributed by atoms with Crippen molar-refractivity contribution in [2.45, 2.75) is 58.3 Å². The molecule has 0 heteroatoms. The Morgan fingerprint density at radius 1 is 0.800 bits per heavy atom. The molecule has 0 aliphatic carbocycles. The van der Waals surface area contributed by atoms with E-state index in [4.69, 9.17) is 6.58 Å². The molecule has 0 amide bonds. The minimum atomic E-state index is 1.07. The van der Waals surface area contributed by atoms with Gasteiger partial charge in [-0.2, -0.15) is 0 Å². The van der Waals surface area contributed by atoms with Crippen LogP contribution in [0.1, 0.15) is 58.3 Å². The molecule has 0 atom stereocenters. The summed E-state index contributed by atoms with van der Waals surface area (Å²) in [5.41, 5.74) is 0. The summed E-state index contributed by atoms with van der Waals surface area (Å²) >= 11 is 0. The number of hydrogen-bond donors (Lipinski definition) is 0. The van der Waals surface area contributed by atoms with Gasteiger partial charge in [0.15, 0.2) is 0 Å². The van der Waals surface area contributed by atoms with Crippen molar-refractivity contribution in [1.82, 2.24) is 0 Å². The van der Waals surface area contributed by atoms with Gasteiger partial charge in [-0.05, 0) is 32.1 Å². The van der Waals surface area contributed by atoms with Crippen molar-refractivity contribution in [3.05, 3.63) is 37.0 Å². The Bertz CT molecular complexity index is 174. The van der Waals surface area contributed by atoms with E-state index < -0.39 is 0 Å². The topological polar surface area (TPSA) is 0 Å². The Kier molecular flexibility index (Phi) is 12.5. The van der Waals surface area contributed by atoms with Crippen LogP contribution in [0.15, 0.2) is 30.4 Å². The van der Waals surface area contributed by atoms with Gasteiger partial charge in [0.2, 0.25) is 0 Å². The molecule has 0 rings (SSSR count). The standard InChI is InChI=1S/C15H25/c1-3-5-7-9-11-13-15-14-12-10-8-6-4-2/h1,3,8,10,12,14H,4-7,9,11,13,15H2,2H3. The molecule has 0 heterocycles. The van der Waals surface area contributed by atoms with Gasteiger partial charge in [0.25, 0.3) is 0 Å². The number of allylic oxidation sites excluding steroid dienone is 5. The molecule has 0 aromatic heterocycles. The van der Waals surface area contributed by atoms with Crippen molar-refractivity contribution in [3.63, 3.8) is 0 Å². The third-order valence-corrected chi connectivity index (χ3v) is 2.33. The van der Waals surface area contributed by atoms with E-state index in [1.54, 1.807) is 6.08 Å². The molecular weight excluding hydrogens is 180 g/mol. The maximum Gasteiger partial charge on any atom is -0.0348 e. The summed E-state index contributed by atoms with van der Waals surface area (Å²) in [6.07, 6.45) is 20.5. The summed E-state index contributed by atoms with van der Waals surface area (Å²) in [6.45, 7) is 7.51. The van der Waals surface area contributed by atoms with E-state index in [2.05, 4.69) is 31.2 Å². The van der Waals surface area contributed by atoms with Gasteiger partial charge in [-0.25, -0.2) is 0 Å². The van der Waals surface area contributed by atoms with Crippen LogP contribution < -0.4 is 0 Å². The number of rotatable bonds is 10. The van der Waals surface area contributed by atoms with Crippen LogP contribution in [0, 0.1) is 6.58 Å². The lowest BCUT2D eigenvalue weighted by atomic mass is 10.1. The average molecular weight is 205 g/mol. The molecule has 15 heavy (non-hydrogen) atoms. The summed E-state index contributed by atoms with van der Waals surface area (Å²) in [6, 6.07) is 0. The predicted molar refractivity (Wildman–Crippen MR) is 69.8 cm³/mol. The zero-order valence-electron chi connectivity index (χ0n) is 10.1. The maximum atomic E-state index is 5.31. The van der Waals surface area contributed by atoms with Gasteiger partial charge < -0.3 is 0 Å². The first-order chi connectivity index (χ1) is 7.41. The second-order valence-electron chi connectivity index (χ2n) is 3.87. The summed E-state index contributed by atoms with van der Waals surface area (Å²) in [4.78, 5) is 0. The zero-order valence-corrected chi connectivity index (χ0v) is 10.1. The van der Waals surface area contributed by atoms with Gasteiger partial charge in [0, 0.05) is 0 Å². The summed E-state index contributed by atoms with van der Waals surface area (Å²) < 4.78 is 0. The molecule has 85 valence electrons. The van der Waals surface area contributed by atoms with Crippen LogP contribution in [0.3, 0.4) is 0 Å². The van der Waals surface area contributed by atoms with E-state index in [-0.39, 0.29) is 0 Å². The minimum absolute atomic E-state index is 1.07. The van der Waals surface area contributed by atoms with E-state index in [1.807, 2.05) is 0 Å². The smallest absolute Gasteiger partial charge is 0.0348 e. The number of hydrogen-bond acceptors (Lipinski definition) is 0. The molecule has 0 bridgehead atoms. The third-order valence-electron chi connectivity index (χ3n) is 2.33. The van der Waals surface area contributed by atoms with Crippen LogP contribution in [-0.2, 0) is 0 Å². The molecule has 0 N–H and O–H groups in total. The van der Waals surface area contributed by atoms with Gasteiger partial charge in [0.05, 0.1) is 0 Å². The fourth-order valence-electron chi connectivity index (χ4n) is 1.39. The molecule has 0 fully saturated rings. The Morgan fingerprint density at radius 3 is 2.00 bits per heavy atom. The van der Waals surface area contributed by atoms with E-state index in [0.717, 1.165) is 6.42 Å². The molecule has 0 spiro atoms. The molecule has 0 saturated carbocycles. The fraction of sp³-hybridized carbons (Fsp3) is 0.600. The monoisotopic (exact) mass is 205 g/mol. The third kappa shape index (κ3) is 13.2. The van der Waals surface area contributed by atoms with E-state index >= 15 is 0 Å². The fourth-order valence-corrected chi connectivity index (χ4v) is 1.39. The first-order valence-corrected chi connectivity index (χ1v) is 6.27. The molecule has 0 saturated heterocycles. The van der Waals surface area contributed by atoms with Crippen molar-refractivity contribution < 1.29 is 0 Å². The molecule has 1 radical (unpaired) electrons. The highest BCUT2D eigenvalue weighted by atomic mass is 13.9. The first-order valence-electron chi connectivity index (χ1n) is 6.27. The molecule has 0 unspecified atom stereocenters. The van der Waals surface area contributed by atoms with Crippen molar-refractivity contribution in [2.75, 3.05) is 0 Å². The molecule has 0 aliphatic heterocycles. The van der Waals surface area contributed by atoms with Gasteiger partial charge >= 0.3 is 0 Å². The molecule has 0 nitrogen and oxygen atoms in total. The van der Waals surface area contributed by atoms with E-state index in [9.17, 15) is 0 Å². The van der Waals surface area contributed by atoms with Crippen molar-refractivity contribution in [2.24, 2.45) is 0 Å². The summed E-state index contributed by atoms with van der Waals surface area (Å²) in [5, 5.41) is 0. The molecule has 0 aromatic rings. The van der Waals surface area contributed by atoms with E-state index in [1.165, 1.54) is 44.9 Å². The van der Waals surface area contributed by atoms with Crippen LogP contribution in [-0.4, -0.2) is 0 Å². The molecular formula is C15H25. The van der Waals surface area contributed by atoms with Crippen LogP contribution >= 0.6 is 0 Å². The highest BCUT2D eigenvalue weighted by Crippen LogP contribution is 2.05. The van der Waals surface area contributed by atoms with Crippen molar-refractivity contribution >= 4 is 0 Å². The number of unbranched alkanes of at least 4 members (excludes halogenated alkanes) is 6. The average Bonchev–Trinajstić information content (AvgIpc) is 2.26. The first kappa shape index (κ1) is 14.2. The normalized spacial score (nSPS) is 11.5. The van der Waals surface area contributed by atoms with Crippen LogP contribution in [0.4, 0.5) is 0 Å². The lowest BCUT2D eigenvalue weighted by Gasteiger charge is -1.95. The maximum absolute atomic E-state index is 5.31. The van der Waals surface area contributed by atoms with Crippen LogP contribution in [0.25, 0.3) is 0 Å². The Hall–Kier alpha value is -0.780. The van der Waals surface area contributed by atoms with Crippen LogP contribution in [0.5, 0.6) is 0 Å². The van der Waals surface area contributed by atoms with Gasteiger partial charge in [-0.15, -0.1) is 0 Å². The highest BCUT2D eigenvalue weighted by Gasteiger charge is 1.86. The Morgan fingerprint density at radius 2 is 1.40 bits per heavy atom. The lowest BCUT2D eigenvalue weighted by Crippen LogP contribution is -1.76. The second kappa shape index (κ2) is 13.2. The van der Waals surface area contributed by atoms with Crippen molar-refractivity contribution in [3.8, 4) is 0 Å². The predicted octanol–water partition coefficient (Wildman–Crippen LogP) is 5.23. The van der Waals surface area contributed by atoms with Crippen molar-refractivity contribution in [1.29, 1.82) is 0 Å². The SMILES string of the molecule is [CH]=CCCCCCCC=CC=CCCC. The summed E-state index contributed by atoms with van der Waals surface area (Å²) in [7, 11) is 0. The summed E-state index contributed by atoms with van der Waals surface area (Å²) in [5.74, 6) is 0. The van der Waals surface area contributed by atoms with E-state index in [0.29, 0.717) is 0 Å². The van der Waals surface area contributed by atoms with Gasteiger partial charge in [-0.1, -0.05) is 63.1 Å². The minimum Gasteiger partial charge on any atom is -0.0846 e. The van der Waals surface area contributed by atoms with Gasteiger partial charge in [-0.3, -0.25) is 0 Å². The quantitative estimate of drug-likeness (QED) is 0.338. The van der Waals surface area contributed by atoms with Gasteiger partial charge in [0.1, 0.15) is 0 Å². The second-order valence-corrected chi connectivity index (χ2v) is 3.87.